The van der Waals surface area contributed by atoms with Crippen molar-refractivity contribution < 1.29 is 38.2 Å². The molecule has 0 aromatic heterocycles. The van der Waals surface area contributed by atoms with Gasteiger partial charge in [-0.05, 0) is 90.1 Å². The highest BCUT2D eigenvalue weighted by Crippen LogP contribution is 2.46. The zero-order chi connectivity index (χ0) is 45.2. The maximum atomic E-state index is 14.3. The first-order chi connectivity index (χ1) is 30.1. The highest BCUT2D eigenvalue weighted by atomic mass is 35.5. The molecule has 0 saturated carbocycles. The topological polar surface area (TPSA) is 141 Å². The average Bonchev–Trinajstić information content (AvgIpc) is 3.45. The number of ether oxygens (including phenoxy) is 3. The zero-order valence-electron chi connectivity index (χ0n) is 37.2. The van der Waals surface area contributed by atoms with Gasteiger partial charge < -0.3 is 39.1 Å². The van der Waals surface area contributed by atoms with Crippen molar-refractivity contribution in [1.82, 2.24) is 29.8 Å². The molecule has 63 heavy (non-hydrogen) atoms. The van der Waals surface area contributed by atoms with E-state index in [9.17, 15) is 24.0 Å². The van der Waals surface area contributed by atoms with Crippen LogP contribution in [0.1, 0.15) is 86.7 Å². The lowest BCUT2D eigenvalue weighted by molar-refractivity contribution is -0.137. The van der Waals surface area contributed by atoms with Crippen molar-refractivity contribution in [3.63, 3.8) is 0 Å². The molecule has 0 spiro atoms. The Hall–Kier alpha value is -4.63. The molecule has 7 rings (SSSR count). The largest absolute Gasteiger partial charge is 0.466 e. The number of piperidine rings is 1. The Morgan fingerprint density at radius 1 is 0.698 bits per heavy atom. The molecule has 5 aliphatic rings. The first-order valence-corrected chi connectivity index (χ1v) is 22.8. The minimum absolute atomic E-state index is 0.0338. The Labute approximate surface area is 380 Å². The van der Waals surface area contributed by atoms with Crippen molar-refractivity contribution in [1.29, 1.82) is 0 Å². The fraction of sp³-hybridized carbons (Fsp3) is 0.553. The highest BCUT2D eigenvalue weighted by Gasteiger charge is 2.44. The van der Waals surface area contributed by atoms with Gasteiger partial charge in [-0.3, -0.25) is 14.5 Å². The van der Waals surface area contributed by atoms with E-state index in [4.69, 9.17) is 37.4 Å². The van der Waals surface area contributed by atoms with Crippen LogP contribution in [0.3, 0.4) is 0 Å². The molecule has 4 saturated heterocycles. The molecule has 14 nitrogen and oxygen atoms in total. The molecule has 3 amide bonds. The van der Waals surface area contributed by atoms with Crippen LogP contribution in [0.4, 0.5) is 4.79 Å². The van der Waals surface area contributed by atoms with Gasteiger partial charge in [-0.1, -0.05) is 47.5 Å². The van der Waals surface area contributed by atoms with E-state index in [2.05, 4.69) is 22.2 Å². The van der Waals surface area contributed by atoms with Crippen LogP contribution >= 0.6 is 23.2 Å². The number of dihydropyridines is 1. The smallest absolute Gasteiger partial charge is 0.410 e. The van der Waals surface area contributed by atoms with E-state index in [0.717, 1.165) is 31.5 Å². The second kappa shape index (κ2) is 19.6. The third-order valence-electron chi connectivity index (χ3n) is 13.3. The van der Waals surface area contributed by atoms with E-state index < -0.39 is 29.6 Å². The number of aryl methyl sites for hydroxylation is 1. The predicted molar refractivity (Wildman–Crippen MR) is 239 cm³/mol. The van der Waals surface area contributed by atoms with Crippen molar-refractivity contribution in [2.45, 2.75) is 95.4 Å². The molecule has 2 aromatic carbocycles. The lowest BCUT2D eigenvalue weighted by atomic mass is 9.78. The lowest BCUT2D eigenvalue weighted by Crippen LogP contribution is -2.56. The number of nitrogens with zero attached hydrogens (tertiary/aromatic N) is 5. The van der Waals surface area contributed by atoms with Crippen molar-refractivity contribution >= 4 is 53.0 Å². The van der Waals surface area contributed by atoms with E-state index >= 15 is 0 Å². The molecular weight excluding hydrogens is 847 g/mol. The molecule has 16 heteroatoms. The molecule has 1 N–H and O–H groups in total. The van der Waals surface area contributed by atoms with Crippen molar-refractivity contribution in [3.8, 4) is 0 Å². The van der Waals surface area contributed by atoms with Gasteiger partial charge in [0.25, 0.3) is 5.91 Å². The summed E-state index contributed by atoms with van der Waals surface area (Å²) in [6.07, 6.45) is 4.67. The molecule has 0 radical (unpaired) electrons. The number of halogens is 2. The molecule has 340 valence electrons. The van der Waals surface area contributed by atoms with Crippen LogP contribution in [-0.2, 0) is 35.0 Å². The standard InChI is InChI=1S/C47H60Cl2N6O8/c1-47(2,3)63-46(60)55-24-22-54(23-25-55)43(57)33-11-8-7-10-29(33)14-17-36-40(44(58)61-5)42(39-34(48)12-9-13-35(39)49)41(45(59)62-6)37(50-36)28-38(56)53-20-18-52(19-21-53)32-26-30-15-16-31(27-32)51(30)4/h7-13,30-32,42,50H,14-28H2,1-6H3. The Bertz CT molecular complexity index is 2120. The van der Waals surface area contributed by atoms with Crippen molar-refractivity contribution in [2.75, 3.05) is 73.6 Å². The number of carbonyl (C=O) groups is 5. The van der Waals surface area contributed by atoms with Gasteiger partial charge in [0.1, 0.15) is 5.60 Å². The Morgan fingerprint density at radius 3 is 1.84 bits per heavy atom. The summed E-state index contributed by atoms with van der Waals surface area (Å²) in [4.78, 5) is 79.4. The van der Waals surface area contributed by atoms with Crippen LogP contribution in [0.5, 0.6) is 0 Å². The minimum Gasteiger partial charge on any atom is -0.466 e. The van der Waals surface area contributed by atoms with Crippen LogP contribution in [0.2, 0.25) is 10.0 Å². The van der Waals surface area contributed by atoms with Gasteiger partial charge in [-0.15, -0.1) is 0 Å². The number of amides is 3. The SMILES string of the molecule is COC(=O)C1=C(CCc2ccccc2C(=O)N2CCN(C(=O)OC(C)(C)C)CC2)NC(CC(=O)N2CCN(C3CC4CCC(C3)N4C)CC2)=C(C(=O)OC)C1c1c(Cl)cccc1Cl. The van der Waals surface area contributed by atoms with Gasteiger partial charge in [0.15, 0.2) is 0 Å². The van der Waals surface area contributed by atoms with Crippen LogP contribution in [0.25, 0.3) is 0 Å². The Morgan fingerprint density at radius 2 is 1.25 bits per heavy atom. The van der Waals surface area contributed by atoms with Gasteiger partial charge in [0.05, 0.1) is 37.7 Å². The highest BCUT2D eigenvalue weighted by molar-refractivity contribution is 6.36. The maximum absolute atomic E-state index is 14.3. The lowest BCUT2D eigenvalue weighted by Gasteiger charge is -2.45. The minimum atomic E-state index is -1.15. The normalized spacial score (nSPS) is 23.4. The molecule has 5 aliphatic heterocycles. The third kappa shape index (κ3) is 10.2. The number of piperazine rings is 2. The van der Waals surface area contributed by atoms with E-state index in [0.29, 0.717) is 80.6 Å². The summed E-state index contributed by atoms with van der Waals surface area (Å²) in [6, 6.07) is 13.9. The Balaban J connectivity index is 1.15. The second-order valence-corrected chi connectivity index (χ2v) is 19.0. The Kier molecular flexibility index (Phi) is 14.4. The molecule has 2 bridgehead atoms. The third-order valence-corrected chi connectivity index (χ3v) is 14.0. The summed E-state index contributed by atoms with van der Waals surface area (Å²) in [6.45, 7) is 9.42. The van der Waals surface area contributed by atoms with Crippen molar-refractivity contribution in [2.24, 2.45) is 0 Å². The number of esters is 2. The molecular formula is C47H60Cl2N6O8. The number of benzene rings is 2. The monoisotopic (exact) mass is 906 g/mol. The van der Waals surface area contributed by atoms with E-state index in [-0.39, 0.29) is 51.5 Å². The molecule has 3 unspecified atom stereocenters. The molecule has 3 atom stereocenters. The number of hydrogen-bond donors (Lipinski definition) is 1. The molecule has 0 aliphatic carbocycles. The fourth-order valence-corrected chi connectivity index (χ4v) is 10.6. The van der Waals surface area contributed by atoms with Crippen LogP contribution in [0.15, 0.2) is 65.0 Å². The first-order valence-electron chi connectivity index (χ1n) is 22.0. The summed E-state index contributed by atoms with van der Waals surface area (Å²) >= 11 is 13.7. The van der Waals surface area contributed by atoms with Gasteiger partial charge in [0, 0.05) is 103 Å². The van der Waals surface area contributed by atoms with Gasteiger partial charge in [-0.25, -0.2) is 14.4 Å². The molecule has 4 fully saturated rings. The van der Waals surface area contributed by atoms with Gasteiger partial charge in [-0.2, -0.15) is 0 Å². The van der Waals surface area contributed by atoms with Gasteiger partial charge >= 0.3 is 18.0 Å². The number of rotatable bonds is 10. The van der Waals surface area contributed by atoms with Crippen molar-refractivity contribution in [3.05, 3.63) is 91.7 Å². The van der Waals surface area contributed by atoms with E-state index in [1.165, 1.54) is 27.1 Å². The number of allylic oxidation sites excluding steroid dienone is 1. The summed E-state index contributed by atoms with van der Waals surface area (Å²) in [5.41, 5.74) is 1.67. The summed E-state index contributed by atoms with van der Waals surface area (Å²) in [7, 11) is 4.74. The number of fused-ring (bicyclic) bond motifs is 2. The first kappa shape index (κ1) is 46.4. The molecule has 5 heterocycles. The average molecular weight is 908 g/mol. The predicted octanol–water partition coefficient (Wildman–Crippen LogP) is 6.02. The van der Waals surface area contributed by atoms with Crippen LogP contribution in [0, 0.1) is 0 Å². The van der Waals surface area contributed by atoms with Gasteiger partial charge in [0.2, 0.25) is 5.91 Å². The fourth-order valence-electron chi connectivity index (χ4n) is 10.00. The summed E-state index contributed by atoms with van der Waals surface area (Å²) in [5, 5.41) is 3.77. The second-order valence-electron chi connectivity index (χ2n) is 18.1. The number of carbonyl (C=O) groups excluding carboxylic acids is 5. The summed E-state index contributed by atoms with van der Waals surface area (Å²) < 4.78 is 16.3. The summed E-state index contributed by atoms with van der Waals surface area (Å²) in [5.74, 6) is -2.99. The van der Waals surface area contributed by atoms with E-state index in [1.807, 2.05) is 37.8 Å². The zero-order valence-corrected chi connectivity index (χ0v) is 38.7. The van der Waals surface area contributed by atoms with Crippen LogP contribution < -0.4 is 5.32 Å². The van der Waals surface area contributed by atoms with E-state index in [1.54, 1.807) is 40.1 Å². The quantitative estimate of drug-likeness (QED) is 0.221. The number of hydrogen-bond acceptors (Lipinski definition) is 11. The number of methoxy groups -OCH3 is 2. The maximum Gasteiger partial charge on any atom is 0.410 e. The number of nitrogens with one attached hydrogen (secondary N) is 1. The molecule has 2 aromatic rings. The van der Waals surface area contributed by atoms with Crippen LogP contribution in [-0.4, -0.2) is 152 Å².